The predicted octanol–water partition coefficient (Wildman–Crippen LogP) is 5.50. The molecule has 0 unspecified atom stereocenters. The minimum absolute atomic E-state index is 0.241. The third-order valence-corrected chi connectivity index (χ3v) is 5.41. The average Bonchev–Trinajstić information content (AvgIpc) is 3.15. The highest BCUT2D eigenvalue weighted by atomic mass is 32.1. The summed E-state index contributed by atoms with van der Waals surface area (Å²) >= 11 is 1.38. The number of hydrogen-bond donors (Lipinski definition) is 1. The van der Waals surface area contributed by atoms with E-state index in [0.717, 1.165) is 21.3 Å². The predicted molar refractivity (Wildman–Crippen MR) is 121 cm³/mol. The number of hydrogen-bond acceptors (Lipinski definition) is 6. The number of aromatic nitrogens is 1. The number of esters is 1. The molecule has 1 N–H and O–H groups in total. The van der Waals surface area contributed by atoms with E-state index in [1.54, 1.807) is 36.4 Å². The maximum Gasteiger partial charge on any atom is 0.342 e. The number of carbonyl (C=O) groups excluding carboxylic acids is 2. The van der Waals surface area contributed by atoms with Crippen molar-refractivity contribution in [2.75, 3.05) is 11.9 Å². The highest BCUT2D eigenvalue weighted by molar-refractivity contribution is 7.22. The van der Waals surface area contributed by atoms with Crippen LogP contribution in [0.1, 0.15) is 21.5 Å². The Kier molecular flexibility index (Phi) is 5.95. The zero-order valence-electron chi connectivity index (χ0n) is 17.0. The van der Waals surface area contributed by atoms with Gasteiger partial charge in [-0.1, -0.05) is 47.7 Å². The molecule has 1 amide bonds. The van der Waals surface area contributed by atoms with Crippen molar-refractivity contribution >= 4 is 38.6 Å². The molecule has 6 nitrogen and oxygen atoms in total. The molecule has 0 radical (unpaired) electrons. The van der Waals surface area contributed by atoms with Crippen molar-refractivity contribution < 1.29 is 19.1 Å². The largest absolute Gasteiger partial charge is 0.456 e. The highest BCUT2D eigenvalue weighted by Crippen LogP contribution is 2.29. The second-order valence-corrected chi connectivity index (χ2v) is 8.01. The van der Waals surface area contributed by atoms with Gasteiger partial charge in [-0.2, -0.15) is 0 Å². The number of nitrogens with zero attached hydrogens (tertiary/aromatic N) is 1. The molecule has 7 heteroatoms. The van der Waals surface area contributed by atoms with Crippen LogP contribution < -0.4 is 10.1 Å². The molecule has 0 saturated carbocycles. The summed E-state index contributed by atoms with van der Waals surface area (Å²) in [5.41, 5.74) is 3.28. The third kappa shape index (κ3) is 4.90. The third-order valence-electron chi connectivity index (χ3n) is 4.49. The zero-order chi connectivity index (χ0) is 21.8. The molecule has 1 heterocycles. The van der Waals surface area contributed by atoms with Crippen LogP contribution in [0.25, 0.3) is 10.2 Å². The summed E-state index contributed by atoms with van der Waals surface area (Å²) in [7, 11) is 0. The molecule has 0 aliphatic carbocycles. The monoisotopic (exact) mass is 432 g/mol. The molecule has 31 heavy (non-hydrogen) atoms. The Hall–Kier alpha value is -3.71. The minimum Gasteiger partial charge on any atom is -0.456 e. The first-order valence-electron chi connectivity index (χ1n) is 9.66. The molecule has 0 aliphatic rings. The Balaban J connectivity index is 1.40. The lowest BCUT2D eigenvalue weighted by atomic mass is 10.1. The summed E-state index contributed by atoms with van der Waals surface area (Å²) in [6.45, 7) is 3.58. The summed E-state index contributed by atoms with van der Waals surface area (Å²) < 4.78 is 12.0. The topological polar surface area (TPSA) is 77.5 Å². The summed E-state index contributed by atoms with van der Waals surface area (Å²) in [5, 5.41) is 3.17. The van der Waals surface area contributed by atoms with Gasteiger partial charge in [-0.25, -0.2) is 9.78 Å². The molecule has 0 aliphatic heterocycles. The molecule has 0 bridgehead atoms. The second kappa shape index (κ2) is 8.97. The lowest BCUT2D eigenvalue weighted by molar-refractivity contribution is -0.119. The smallest absolute Gasteiger partial charge is 0.342 e. The Morgan fingerprint density at radius 3 is 2.55 bits per heavy atom. The van der Waals surface area contributed by atoms with Crippen LogP contribution in [0.4, 0.5) is 5.13 Å². The number of anilines is 1. The van der Waals surface area contributed by atoms with Gasteiger partial charge in [0.05, 0.1) is 10.2 Å². The Labute approximate surface area is 183 Å². The lowest BCUT2D eigenvalue weighted by Gasteiger charge is -2.10. The van der Waals surface area contributed by atoms with Crippen LogP contribution in [0.5, 0.6) is 11.5 Å². The molecule has 156 valence electrons. The highest BCUT2D eigenvalue weighted by Gasteiger charge is 2.17. The fourth-order valence-electron chi connectivity index (χ4n) is 3.13. The summed E-state index contributed by atoms with van der Waals surface area (Å²) in [4.78, 5) is 29.3. The standard InChI is InChI=1S/C24H20N2O4S/c1-15-12-16(2)22-20(13-15)31-24(26-22)25-21(27)14-29-23(28)18-10-6-7-11-19(18)30-17-8-4-3-5-9-17/h3-13H,14H2,1-2H3,(H,25,26,27). The molecule has 0 saturated heterocycles. The number of para-hydroxylation sites is 2. The quantitative estimate of drug-likeness (QED) is 0.407. The van der Waals surface area contributed by atoms with E-state index in [9.17, 15) is 9.59 Å². The molecule has 4 rings (SSSR count). The molecule has 0 fully saturated rings. The second-order valence-electron chi connectivity index (χ2n) is 6.98. The van der Waals surface area contributed by atoms with E-state index in [1.807, 2.05) is 44.2 Å². The molecular formula is C24H20N2O4S. The van der Waals surface area contributed by atoms with Gasteiger partial charge in [0.2, 0.25) is 0 Å². The van der Waals surface area contributed by atoms with Crippen molar-refractivity contribution in [3.63, 3.8) is 0 Å². The fourth-order valence-corrected chi connectivity index (χ4v) is 4.19. The van der Waals surface area contributed by atoms with Gasteiger partial charge in [0.25, 0.3) is 5.91 Å². The number of amides is 1. The number of rotatable bonds is 6. The molecule has 0 atom stereocenters. The van der Waals surface area contributed by atoms with E-state index in [0.29, 0.717) is 16.6 Å². The van der Waals surface area contributed by atoms with Crippen LogP contribution in [0.2, 0.25) is 0 Å². The van der Waals surface area contributed by atoms with Gasteiger partial charge in [-0.05, 0) is 55.3 Å². The zero-order valence-corrected chi connectivity index (χ0v) is 17.9. The maximum atomic E-state index is 12.5. The minimum atomic E-state index is -0.641. The number of ether oxygens (including phenoxy) is 2. The Bertz CT molecular complexity index is 1250. The maximum absolute atomic E-state index is 12.5. The normalized spacial score (nSPS) is 10.6. The molecule has 3 aromatic carbocycles. The SMILES string of the molecule is Cc1cc(C)c2nc(NC(=O)COC(=O)c3ccccc3Oc3ccccc3)sc2c1. The van der Waals surface area contributed by atoms with E-state index in [2.05, 4.69) is 10.3 Å². The average molecular weight is 433 g/mol. The van der Waals surface area contributed by atoms with Gasteiger partial charge in [-0.15, -0.1) is 0 Å². The number of benzene rings is 3. The van der Waals surface area contributed by atoms with Gasteiger partial charge in [-0.3, -0.25) is 10.1 Å². The van der Waals surface area contributed by atoms with Crippen LogP contribution in [-0.4, -0.2) is 23.5 Å². The molecule has 4 aromatic rings. The van der Waals surface area contributed by atoms with Crippen molar-refractivity contribution in [3.8, 4) is 11.5 Å². The Morgan fingerprint density at radius 1 is 1.00 bits per heavy atom. The summed E-state index contributed by atoms with van der Waals surface area (Å²) in [6.07, 6.45) is 0. The number of carbonyl (C=O) groups is 2. The van der Waals surface area contributed by atoms with Crippen LogP contribution in [0.3, 0.4) is 0 Å². The van der Waals surface area contributed by atoms with E-state index in [-0.39, 0.29) is 5.56 Å². The molecular weight excluding hydrogens is 412 g/mol. The van der Waals surface area contributed by atoms with Gasteiger partial charge >= 0.3 is 5.97 Å². The van der Waals surface area contributed by atoms with Gasteiger partial charge in [0.1, 0.15) is 17.1 Å². The van der Waals surface area contributed by atoms with Crippen LogP contribution >= 0.6 is 11.3 Å². The van der Waals surface area contributed by atoms with Crippen LogP contribution in [-0.2, 0) is 9.53 Å². The first-order chi connectivity index (χ1) is 15.0. The summed E-state index contributed by atoms with van der Waals surface area (Å²) in [6, 6.07) is 19.9. The van der Waals surface area contributed by atoms with Gasteiger partial charge in [0.15, 0.2) is 11.7 Å². The van der Waals surface area contributed by atoms with Crippen molar-refractivity contribution in [3.05, 3.63) is 83.4 Å². The summed E-state index contributed by atoms with van der Waals surface area (Å²) in [5.74, 6) is -0.140. The van der Waals surface area contributed by atoms with Crippen molar-refractivity contribution in [1.29, 1.82) is 0 Å². The van der Waals surface area contributed by atoms with E-state index in [4.69, 9.17) is 9.47 Å². The van der Waals surface area contributed by atoms with Crippen molar-refractivity contribution in [2.45, 2.75) is 13.8 Å². The van der Waals surface area contributed by atoms with Gasteiger partial charge < -0.3 is 9.47 Å². The first kappa shape index (κ1) is 20.6. The number of thiazole rings is 1. The van der Waals surface area contributed by atoms with E-state index < -0.39 is 18.5 Å². The number of fused-ring (bicyclic) bond motifs is 1. The van der Waals surface area contributed by atoms with Crippen LogP contribution in [0.15, 0.2) is 66.7 Å². The van der Waals surface area contributed by atoms with E-state index >= 15 is 0 Å². The number of aryl methyl sites for hydroxylation is 2. The van der Waals surface area contributed by atoms with Crippen LogP contribution in [0, 0.1) is 13.8 Å². The van der Waals surface area contributed by atoms with Crippen molar-refractivity contribution in [1.82, 2.24) is 4.98 Å². The van der Waals surface area contributed by atoms with Crippen molar-refractivity contribution in [2.24, 2.45) is 0 Å². The lowest BCUT2D eigenvalue weighted by Crippen LogP contribution is -2.21. The van der Waals surface area contributed by atoms with Gasteiger partial charge in [0, 0.05) is 0 Å². The Morgan fingerprint density at radius 2 is 1.74 bits per heavy atom. The molecule has 0 spiro atoms. The number of nitrogens with one attached hydrogen (secondary N) is 1. The fraction of sp³-hybridized carbons (Fsp3) is 0.125. The van der Waals surface area contributed by atoms with E-state index in [1.165, 1.54) is 11.3 Å². The first-order valence-corrected chi connectivity index (χ1v) is 10.5. The molecule has 1 aromatic heterocycles.